The van der Waals surface area contributed by atoms with Gasteiger partial charge in [0.2, 0.25) is 0 Å². The third kappa shape index (κ3) is 2.72. The van der Waals surface area contributed by atoms with Gasteiger partial charge in [-0.2, -0.15) is 0 Å². The van der Waals surface area contributed by atoms with Gasteiger partial charge in [-0.15, -0.1) is 0 Å². The van der Waals surface area contributed by atoms with Crippen LogP contribution in [-0.4, -0.2) is 11.1 Å². The van der Waals surface area contributed by atoms with E-state index >= 15 is 0 Å². The molecule has 110 valence electrons. The van der Waals surface area contributed by atoms with Crippen molar-refractivity contribution in [3.8, 4) is 0 Å². The minimum absolute atomic E-state index is 0.248. The average Bonchev–Trinajstić information content (AvgIpc) is 2.43. The normalized spacial score (nSPS) is 11.5. The largest absolute Gasteiger partial charge is 0.546 e. The molecule has 3 nitrogen and oxygen atoms in total. The molecule has 0 saturated carbocycles. The first kappa shape index (κ1) is 15.7. The molecule has 1 N–H and O–H groups in total. The fraction of sp³-hybridized carbons (Fsp3) is 0.0714. The van der Waals surface area contributed by atoms with Crippen LogP contribution < -0.4 is 5.11 Å². The van der Waals surface area contributed by atoms with Crippen LogP contribution in [0.3, 0.4) is 0 Å². The number of carbonyl (C=O) groups excluding carboxylic acids is 1. The number of halogens is 4. The maximum atomic E-state index is 13.5. The predicted molar refractivity (Wildman–Crippen MR) is 70.8 cm³/mol. The van der Waals surface area contributed by atoms with Crippen LogP contribution in [0, 0.1) is 11.6 Å². The molecule has 2 rings (SSSR count). The minimum atomic E-state index is -2.74. The van der Waals surface area contributed by atoms with Crippen LogP contribution in [0.2, 0.25) is 10.0 Å². The van der Waals surface area contributed by atoms with E-state index in [4.69, 9.17) is 23.2 Å². The van der Waals surface area contributed by atoms with Crippen LogP contribution in [0.15, 0.2) is 36.4 Å². The molecule has 0 aromatic heterocycles. The number of carbonyl (C=O) groups is 1. The molecular formula is C14H7Cl2F2O3-. The Kier molecular flexibility index (Phi) is 4.18. The lowest BCUT2D eigenvalue weighted by molar-refractivity contribution is -0.322. The van der Waals surface area contributed by atoms with Crippen molar-refractivity contribution in [1.82, 2.24) is 0 Å². The Morgan fingerprint density at radius 1 is 1.00 bits per heavy atom. The average molecular weight is 332 g/mol. The van der Waals surface area contributed by atoms with Gasteiger partial charge in [-0.25, -0.2) is 8.78 Å². The summed E-state index contributed by atoms with van der Waals surface area (Å²) >= 11 is 11.0. The Bertz CT molecular complexity index is 668. The van der Waals surface area contributed by atoms with Crippen molar-refractivity contribution in [1.29, 1.82) is 0 Å². The van der Waals surface area contributed by atoms with Gasteiger partial charge in [-0.05, 0) is 35.4 Å². The smallest absolute Gasteiger partial charge is 0.154 e. The second kappa shape index (κ2) is 5.60. The minimum Gasteiger partial charge on any atom is -0.546 e. The van der Waals surface area contributed by atoms with Gasteiger partial charge in [0.25, 0.3) is 0 Å². The third-order valence-corrected chi connectivity index (χ3v) is 3.58. The van der Waals surface area contributed by atoms with E-state index in [-0.39, 0.29) is 21.2 Å². The molecule has 0 fully saturated rings. The summed E-state index contributed by atoms with van der Waals surface area (Å²) in [5, 5.41) is 21.2. The van der Waals surface area contributed by atoms with Crippen LogP contribution >= 0.6 is 23.2 Å². The Morgan fingerprint density at radius 2 is 1.38 bits per heavy atom. The monoisotopic (exact) mass is 331 g/mol. The van der Waals surface area contributed by atoms with Gasteiger partial charge in [0.05, 0.1) is 16.0 Å². The fourth-order valence-electron chi connectivity index (χ4n) is 1.84. The van der Waals surface area contributed by atoms with E-state index < -0.39 is 23.2 Å². The summed E-state index contributed by atoms with van der Waals surface area (Å²) in [6, 6.07) is 5.84. The van der Waals surface area contributed by atoms with Crippen LogP contribution in [0.1, 0.15) is 11.1 Å². The van der Waals surface area contributed by atoms with Gasteiger partial charge >= 0.3 is 0 Å². The number of hydrogen-bond donors (Lipinski definition) is 1. The van der Waals surface area contributed by atoms with Gasteiger partial charge in [-0.3, -0.25) is 0 Å². The van der Waals surface area contributed by atoms with E-state index in [2.05, 4.69) is 0 Å². The Hall–Kier alpha value is -1.69. The zero-order chi connectivity index (χ0) is 15.8. The Labute approximate surface area is 128 Å². The highest BCUT2D eigenvalue weighted by Crippen LogP contribution is 2.32. The highest BCUT2D eigenvalue weighted by atomic mass is 35.5. The molecule has 2 aromatic rings. The molecule has 0 bridgehead atoms. The van der Waals surface area contributed by atoms with Crippen molar-refractivity contribution in [2.45, 2.75) is 5.60 Å². The number of aliphatic carboxylic acids is 1. The number of carboxylic acids is 1. The molecule has 0 aliphatic rings. The second-order valence-electron chi connectivity index (χ2n) is 4.26. The van der Waals surface area contributed by atoms with E-state index in [1.165, 1.54) is 0 Å². The molecule has 0 aliphatic carbocycles. The SMILES string of the molecule is O=C([O-])C(O)(c1ccc(Cl)c(F)c1)c1ccc(Cl)c(F)c1. The fourth-order valence-corrected chi connectivity index (χ4v) is 2.08. The lowest BCUT2D eigenvalue weighted by Gasteiger charge is -2.30. The van der Waals surface area contributed by atoms with E-state index in [0.717, 1.165) is 36.4 Å². The summed E-state index contributed by atoms with van der Waals surface area (Å²) < 4.78 is 27.0. The van der Waals surface area contributed by atoms with Crippen molar-refractivity contribution < 1.29 is 23.8 Å². The van der Waals surface area contributed by atoms with Crippen molar-refractivity contribution >= 4 is 29.2 Å². The summed E-state index contributed by atoms with van der Waals surface area (Å²) in [5.74, 6) is -3.79. The summed E-state index contributed by atoms with van der Waals surface area (Å²) in [6.07, 6.45) is 0. The quantitative estimate of drug-likeness (QED) is 0.938. The first-order valence-electron chi connectivity index (χ1n) is 5.61. The summed E-state index contributed by atoms with van der Waals surface area (Å²) in [7, 11) is 0. The zero-order valence-corrected chi connectivity index (χ0v) is 11.8. The molecule has 0 unspecified atom stereocenters. The molecule has 0 amide bonds. The van der Waals surface area contributed by atoms with Crippen molar-refractivity contribution in [3.63, 3.8) is 0 Å². The van der Waals surface area contributed by atoms with Gasteiger partial charge in [0, 0.05) is 0 Å². The van der Waals surface area contributed by atoms with Gasteiger partial charge < -0.3 is 15.0 Å². The highest BCUT2D eigenvalue weighted by Gasteiger charge is 2.34. The number of rotatable bonds is 3. The Balaban J connectivity index is 2.67. The van der Waals surface area contributed by atoms with E-state index in [1.54, 1.807) is 0 Å². The third-order valence-electron chi connectivity index (χ3n) is 2.97. The standard InChI is InChI=1S/C14H8Cl2F2O3/c15-9-3-1-7(5-11(9)17)14(21,13(19)20)8-2-4-10(16)12(18)6-8/h1-6,21H,(H,19,20)/p-1. The molecule has 0 heterocycles. The zero-order valence-electron chi connectivity index (χ0n) is 10.2. The number of carboxylic acid groups (broad SMARTS) is 1. The van der Waals surface area contributed by atoms with Crippen LogP contribution in [0.4, 0.5) is 8.78 Å². The van der Waals surface area contributed by atoms with Gasteiger partial charge in [0.1, 0.15) is 11.6 Å². The van der Waals surface area contributed by atoms with Crippen LogP contribution in [-0.2, 0) is 10.4 Å². The molecule has 0 radical (unpaired) electrons. The van der Waals surface area contributed by atoms with Gasteiger partial charge in [-0.1, -0.05) is 35.3 Å². The first-order chi connectivity index (χ1) is 9.76. The molecule has 2 aromatic carbocycles. The molecule has 0 spiro atoms. The number of benzene rings is 2. The first-order valence-corrected chi connectivity index (χ1v) is 6.37. The number of hydrogen-bond acceptors (Lipinski definition) is 3. The second-order valence-corrected chi connectivity index (χ2v) is 5.07. The van der Waals surface area contributed by atoms with Crippen molar-refractivity contribution in [2.75, 3.05) is 0 Å². The van der Waals surface area contributed by atoms with Gasteiger partial charge in [0.15, 0.2) is 5.60 Å². The van der Waals surface area contributed by atoms with Crippen molar-refractivity contribution in [2.24, 2.45) is 0 Å². The molecule has 0 saturated heterocycles. The molecular weight excluding hydrogens is 325 g/mol. The number of aliphatic hydroxyl groups is 1. The summed E-state index contributed by atoms with van der Waals surface area (Å²) in [6.45, 7) is 0. The maximum Gasteiger partial charge on any atom is 0.154 e. The molecule has 0 atom stereocenters. The predicted octanol–water partition coefficient (Wildman–Crippen LogP) is 2.26. The lowest BCUT2D eigenvalue weighted by Crippen LogP contribution is -2.46. The topological polar surface area (TPSA) is 60.4 Å². The molecule has 0 aliphatic heterocycles. The lowest BCUT2D eigenvalue weighted by atomic mass is 9.86. The maximum absolute atomic E-state index is 13.5. The summed E-state index contributed by atoms with van der Waals surface area (Å²) in [4.78, 5) is 11.3. The van der Waals surface area contributed by atoms with E-state index in [0.29, 0.717) is 0 Å². The summed E-state index contributed by atoms with van der Waals surface area (Å²) in [5.41, 5.74) is -3.45. The van der Waals surface area contributed by atoms with Crippen LogP contribution in [0.5, 0.6) is 0 Å². The molecule has 21 heavy (non-hydrogen) atoms. The van der Waals surface area contributed by atoms with Crippen LogP contribution in [0.25, 0.3) is 0 Å². The van der Waals surface area contributed by atoms with E-state index in [1.807, 2.05) is 0 Å². The van der Waals surface area contributed by atoms with Crippen molar-refractivity contribution in [3.05, 3.63) is 69.2 Å². The van der Waals surface area contributed by atoms with E-state index in [9.17, 15) is 23.8 Å². The molecule has 7 heteroatoms. The Morgan fingerprint density at radius 3 is 1.67 bits per heavy atom. The highest BCUT2D eigenvalue weighted by molar-refractivity contribution is 6.31.